The Morgan fingerprint density at radius 1 is 1.10 bits per heavy atom. The summed E-state index contributed by atoms with van der Waals surface area (Å²) in [6.45, 7) is 1.11. The minimum Gasteiger partial charge on any atom is -0.486 e. The van der Waals surface area contributed by atoms with Gasteiger partial charge in [0, 0.05) is 10.6 Å². The molecule has 1 aliphatic rings. The van der Waals surface area contributed by atoms with Gasteiger partial charge < -0.3 is 9.47 Å². The van der Waals surface area contributed by atoms with Crippen molar-refractivity contribution in [3.63, 3.8) is 0 Å². The maximum Gasteiger partial charge on any atom is 0.162 e. The molecule has 2 aromatic rings. The zero-order chi connectivity index (χ0) is 14.7. The Kier molecular flexibility index (Phi) is 3.98. The van der Waals surface area contributed by atoms with Gasteiger partial charge in [-0.15, -0.1) is 11.8 Å². The van der Waals surface area contributed by atoms with Gasteiger partial charge in [-0.3, -0.25) is 0 Å². The summed E-state index contributed by atoms with van der Waals surface area (Å²) in [4.78, 5) is 0.993. The van der Waals surface area contributed by atoms with Crippen LogP contribution in [0.1, 0.15) is 11.1 Å². The largest absolute Gasteiger partial charge is 0.486 e. The Labute approximate surface area is 126 Å². The third kappa shape index (κ3) is 3.11. The molecule has 3 nitrogen and oxygen atoms in total. The average Bonchev–Trinajstić information content (AvgIpc) is 2.53. The van der Waals surface area contributed by atoms with Gasteiger partial charge in [-0.2, -0.15) is 5.26 Å². The van der Waals surface area contributed by atoms with E-state index in [4.69, 9.17) is 14.7 Å². The maximum atomic E-state index is 13.3. The van der Waals surface area contributed by atoms with E-state index in [-0.39, 0.29) is 5.82 Å². The minimum atomic E-state index is -0.327. The number of nitrogens with zero attached hydrogens (tertiary/aromatic N) is 1. The van der Waals surface area contributed by atoms with Crippen LogP contribution >= 0.6 is 11.8 Å². The second kappa shape index (κ2) is 6.06. The summed E-state index contributed by atoms with van der Waals surface area (Å²) < 4.78 is 24.3. The summed E-state index contributed by atoms with van der Waals surface area (Å²) >= 11 is 1.53. The molecular formula is C16H12FNO2S. The van der Waals surface area contributed by atoms with Gasteiger partial charge in [0.1, 0.15) is 19.0 Å². The number of hydrogen-bond acceptors (Lipinski definition) is 4. The summed E-state index contributed by atoms with van der Waals surface area (Å²) in [6.07, 6.45) is 0. The topological polar surface area (TPSA) is 42.2 Å². The van der Waals surface area contributed by atoms with Gasteiger partial charge in [0.25, 0.3) is 0 Å². The normalized spacial score (nSPS) is 12.8. The summed E-state index contributed by atoms with van der Waals surface area (Å²) in [7, 11) is 0. The van der Waals surface area contributed by atoms with E-state index in [1.165, 1.54) is 30.0 Å². The molecule has 21 heavy (non-hydrogen) atoms. The fourth-order valence-corrected chi connectivity index (χ4v) is 2.98. The first-order valence-electron chi connectivity index (χ1n) is 6.47. The summed E-state index contributed by atoms with van der Waals surface area (Å²) in [6, 6.07) is 12.0. The Morgan fingerprint density at radius 2 is 1.90 bits per heavy atom. The molecule has 0 saturated heterocycles. The van der Waals surface area contributed by atoms with Crippen molar-refractivity contribution in [3.8, 4) is 17.6 Å². The van der Waals surface area contributed by atoms with Gasteiger partial charge in [0.05, 0.1) is 11.6 Å². The van der Waals surface area contributed by atoms with Crippen molar-refractivity contribution in [2.24, 2.45) is 0 Å². The summed E-state index contributed by atoms with van der Waals surface area (Å²) in [5.41, 5.74) is 1.19. The number of halogens is 1. The third-order valence-corrected chi connectivity index (χ3v) is 4.14. The van der Waals surface area contributed by atoms with Crippen molar-refractivity contribution in [2.45, 2.75) is 10.6 Å². The van der Waals surface area contributed by atoms with E-state index in [9.17, 15) is 4.39 Å². The van der Waals surface area contributed by atoms with Crippen molar-refractivity contribution >= 4 is 11.8 Å². The molecular weight excluding hydrogens is 289 g/mol. The average molecular weight is 301 g/mol. The lowest BCUT2D eigenvalue weighted by molar-refractivity contribution is 0.171. The van der Waals surface area contributed by atoms with Crippen LogP contribution < -0.4 is 9.47 Å². The van der Waals surface area contributed by atoms with E-state index in [1.807, 2.05) is 18.2 Å². The van der Waals surface area contributed by atoms with Crippen LogP contribution in [0.15, 0.2) is 41.3 Å². The van der Waals surface area contributed by atoms with Crippen molar-refractivity contribution in [3.05, 3.63) is 53.3 Å². The van der Waals surface area contributed by atoms with Gasteiger partial charge in [0.15, 0.2) is 11.5 Å². The highest BCUT2D eigenvalue weighted by Gasteiger charge is 2.12. The van der Waals surface area contributed by atoms with Gasteiger partial charge >= 0.3 is 0 Å². The summed E-state index contributed by atoms with van der Waals surface area (Å²) in [5, 5.41) is 9.05. The molecule has 0 amide bonds. The fourth-order valence-electron chi connectivity index (χ4n) is 2.07. The van der Waals surface area contributed by atoms with Crippen LogP contribution in [0.5, 0.6) is 11.5 Å². The number of benzene rings is 2. The van der Waals surface area contributed by atoms with E-state index >= 15 is 0 Å². The first-order chi connectivity index (χ1) is 10.3. The van der Waals surface area contributed by atoms with Crippen LogP contribution in [0.4, 0.5) is 4.39 Å². The standard InChI is InChI=1S/C16H12FNO2S/c17-13-2-1-11(9-18)12(7-13)10-21-14-3-4-15-16(8-14)20-6-5-19-15/h1-4,7-8H,5-6,10H2. The Balaban J connectivity index is 1.76. The first-order valence-corrected chi connectivity index (χ1v) is 7.46. The molecule has 0 spiro atoms. The fraction of sp³-hybridized carbons (Fsp3) is 0.188. The molecule has 5 heteroatoms. The van der Waals surface area contributed by atoms with Crippen LogP contribution in [-0.2, 0) is 5.75 Å². The van der Waals surface area contributed by atoms with Gasteiger partial charge in [0.2, 0.25) is 0 Å². The predicted molar refractivity (Wildman–Crippen MR) is 78.1 cm³/mol. The minimum absolute atomic E-state index is 0.327. The molecule has 2 aromatic carbocycles. The maximum absolute atomic E-state index is 13.3. The van der Waals surface area contributed by atoms with E-state index in [0.717, 1.165) is 16.4 Å². The number of ether oxygens (including phenoxy) is 2. The van der Waals surface area contributed by atoms with Crippen molar-refractivity contribution in [1.82, 2.24) is 0 Å². The van der Waals surface area contributed by atoms with Gasteiger partial charge in [-0.05, 0) is 42.0 Å². The van der Waals surface area contributed by atoms with Gasteiger partial charge in [-0.25, -0.2) is 4.39 Å². The molecule has 0 saturated carbocycles. The van der Waals surface area contributed by atoms with E-state index in [1.54, 1.807) is 0 Å². The Hall–Kier alpha value is -2.19. The van der Waals surface area contributed by atoms with Gasteiger partial charge in [-0.1, -0.05) is 0 Å². The highest BCUT2D eigenvalue weighted by atomic mass is 32.2. The molecule has 3 rings (SSSR count). The molecule has 1 heterocycles. The van der Waals surface area contributed by atoms with Crippen molar-refractivity contribution in [2.75, 3.05) is 13.2 Å². The second-order valence-corrected chi connectivity index (χ2v) is 5.56. The molecule has 0 fully saturated rings. The zero-order valence-corrected chi connectivity index (χ0v) is 12.0. The smallest absolute Gasteiger partial charge is 0.162 e. The Morgan fingerprint density at radius 3 is 2.71 bits per heavy atom. The highest BCUT2D eigenvalue weighted by Crippen LogP contribution is 2.35. The van der Waals surface area contributed by atoms with Crippen molar-refractivity contribution < 1.29 is 13.9 Å². The van der Waals surface area contributed by atoms with Crippen LogP contribution in [0, 0.1) is 17.1 Å². The number of rotatable bonds is 3. The number of nitriles is 1. The molecule has 0 N–H and O–H groups in total. The molecule has 0 unspecified atom stereocenters. The lowest BCUT2D eigenvalue weighted by Crippen LogP contribution is -2.15. The van der Waals surface area contributed by atoms with Crippen LogP contribution in [0.2, 0.25) is 0 Å². The molecule has 106 valence electrons. The number of thioether (sulfide) groups is 1. The molecule has 0 aliphatic carbocycles. The van der Waals surface area contributed by atoms with Crippen molar-refractivity contribution in [1.29, 1.82) is 5.26 Å². The van der Waals surface area contributed by atoms with Crippen LogP contribution in [-0.4, -0.2) is 13.2 Å². The van der Waals surface area contributed by atoms with E-state index in [2.05, 4.69) is 6.07 Å². The lowest BCUT2D eigenvalue weighted by atomic mass is 10.1. The number of hydrogen-bond donors (Lipinski definition) is 0. The quantitative estimate of drug-likeness (QED) is 0.810. The molecule has 0 atom stereocenters. The molecule has 1 aliphatic heterocycles. The zero-order valence-electron chi connectivity index (χ0n) is 11.1. The van der Waals surface area contributed by atoms with Crippen LogP contribution in [0.3, 0.4) is 0 Å². The predicted octanol–water partition coefficient (Wildman–Crippen LogP) is 3.76. The monoisotopic (exact) mass is 301 g/mol. The third-order valence-electron chi connectivity index (χ3n) is 3.10. The SMILES string of the molecule is N#Cc1ccc(F)cc1CSc1ccc2c(c1)OCCO2. The molecule has 0 bridgehead atoms. The molecule has 0 radical (unpaired) electrons. The lowest BCUT2D eigenvalue weighted by Gasteiger charge is -2.18. The van der Waals surface area contributed by atoms with E-state index < -0.39 is 0 Å². The number of fused-ring (bicyclic) bond motifs is 1. The highest BCUT2D eigenvalue weighted by molar-refractivity contribution is 7.98. The van der Waals surface area contributed by atoms with Crippen LogP contribution in [0.25, 0.3) is 0 Å². The Bertz CT molecular complexity index is 712. The second-order valence-electron chi connectivity index (χ2n) is 4.51. The molecule has 0 aromatic heterocycles. The summed E-state index contributed by atoms with van der Waals surface area (Å²) in [5.74, 6) is 1.67. The first kappa shape index (κ1) is 13.8. The van der Waals surface area contributed by atoms with E-state index in [0.29, 0.717) is 30.1 Å².